The Bertz CT molecular complexity index is 469. The average molecular weight is 281 g/mol. The molecule has 0 heterocycles. The molecule has 0 radical (unpaired) electrons. The molecule has 2 atom stereocenters. The highest BCUT2D eigenvalue weighted by molar-refractivity contribution is 5.79. The first-order chi connectivity index (χ1) is 9.31. The predicted molar refractivity (Wildman–Crippen MR) is 73.1 cm³/mol. The van der Waals surface area contributed by atoms with Gasteiger partial charge in [-0.1, -0.05) is 13.8 Å². The number of carbonyl (C=O) groups excluding carboxylic acids is 1. The summed E-state index contributed by atoms with van der Waals surface area (Å²) >= 11 is 0. The molecule has 6 heteroatoms. The smallest absolute Gasteiger partial charge is 0.269 e. The van der Waals surface area contributed by atoms with E-state index in [9.17, 15) is 25.1 Å². The van der Waals surface area contributed by atoms with Crippen LogP contribution in [0.3, 0.4) is 0 Å². The van der Waals surface area contributed by atoms with Crippen LogP contribution in [0.15, 0.2) is 24.3 Å². The van der Waals surface area contributed by atoms with Gasteiger partial charge in [0, 0.05) is 25.0 Å². The number of nitro groups is 1. The maximum Gasteiger partial charge on any atom is 0.269 e. The zero-order valence-corrected chi connectivity index (χ0v) is 11.5. The molecule has 0 saturated carbocycles. The van der Waals surface area contributed by atoms with Gasteiger partial charge in [-0.05, 0) is 23.6 Å². The van der Waals surface area contributed by atoms with E-state index in [4.69, 9.17) is 0 Å². The summed E-state index contributed by atoms with van der Waals surface area (Å²) in [4.78, 5) is 21.7. The monoisotopic (exact) mass is 281 g/mol. The van der Waals surface area contributed by atoms with E-state index in [0.717, 1.165) is 0 Å². The highest BCUT2D eigenvalue weighted by Gasteiger charge is 2.18. The Balaban J connectivity index is 2.60. The molecule has 20 heavy (non-hydrogen) atoms. The molecule has 0 fully saturated rings. The van der Waals surface area contributed by atoms with E-state index < -0.39 is 17.1 Å². The third-order valence-corrected chi connectivity index (χ3v) is 3.12. The van der Waals surface area contributed by atoms with E-state index in [1.165, 1.54) is 24.3 Å². The first-order valence-electron chi connectivity index (χ1n) is 6.43. The number of carbonyl (C=O) groups is 1. The van der Waals surface area contributed by atoms with Crippen molar-refractivity contribution in [3.05, 3.63) is 39.9 Å². The number of rotatable bonds is 7. The second-order valence-corrected chi connectivity index (χ2v) is 5.12. The molecule has 2 N–H and O–H groups in total. The molecule has 1 aromatic rings. The highest BCUT2D eigenvalue weighted by atomic mass is 16.6. The second-order valence-electron chi connectivity index (χ2n) is 5.12. The molecule has 0 aliphatic carbocycles. The van der Waals surface area contributed by atoms with Gasteiger partial charge in [0.25, 0.3) is 5.69 Å². The van der Waals surface area contributed by atoms with E-state index in [0.29, 0.717) is 5.56 Å². The number of ketones is 1. The maximum absolute atomic E-state index is 11.7. The third kappa shape index (κ3) is 4.71. The zero-order chi connectivity index (χ0) is 15.3. The molecular formula is C14H19NO5. The van der Waals surface area contributed by atoms with Gasteiger partial charge >= 0.3 is 0 Å². The summed E-state index contributed by atoms with van der Waals surface area (Å²) in [6.07, 6.45) is -1.84. The highest BCUT2D eigenvalue weighted by Crippen LogP contribution is 2.21. The number of nitrogens with zero attached hydrogens (tertiary/aromatic N) is 1. The van der Waals surface area contributed by atoms with E-state index in [1.54, 1.807) is 0 Å². The Morgan fingerprint density at radius 2 is 1.75 bits per heavy atom. The zero-order valence-electron chi connectivity index (χ0n) is 11.5. The number of Topliss-reactive ketones (excluding diaryl/α,β-unsaturated/α-hetero) is 1. The number of nitro benzene ring substituents is 1. The number of non-ortho nitro benzene ring substituents is 1. The molecule has 1 aromatic carbocycles. The molecule has 0 amide bonds. The third-order valence-electron chi connectivity index (χ3n) is 3.12. The van der Waals surface area contributed by atoms with Crippen LogP contribution in [-0.4, -0.2) is 27.0 Å². The van der Waals surface area contributed by atoms with Gasteiger partial charge < -0.3 is 10.2 Å². The van der Waals surface area contributed by atoms with Crippen molar-refractivity contribution >= 4 is 11.5 Å². The van der Waals surface area contributed by atoms with Gasteiger partial charge in [0.2, 0.25) is 0 Å². The van der Waals surface area contributed by atoms with Crippen LogP contribution in [0.4, 0.5) is 5.69 Å². The second kappa shape index (κ2) is 7.12. The SMILES string of the molecule is CC(C)[C@@H](O)CC(=O)C[C@H](O)c1ccc([N+](=O)[O-])cc1. The molecular weight excluding hydrogens is 262 g/mol. The van der Waals surface area contributed by atoms with Crippen molar-refractivity contribution < 1.29 is 19.9 Å². The van der Waals surface area contributed by atoms with Gasteiger partial charge in [0.15, 0.2) is 0 Å². The molecule has 0 unspecified atom stereocenters. The lowest BCUT2D eigenvalue weighted by atomic mass is 9.97. The molecule has 0 aliphatic rings. The fourth-order valence-corrected chi connectivity index (χ4v) is 1.70. The topological polar surface area (TPSA) is 101 Å². The van der Waals surface area contributed by atoms with E-state index >= 15 is 0 Å². The summed E-state index contributed by atoms with van der Waals surface area (Å²) in [7, 11) is 0. The van der Waals surface area contributed by atoms with Crippen LogP contribution in [0.2, 0.25) is 0 Å². The van der Waals surface area contributed by atoms with Crippen LogP contribution in [0.1, 0.15) is 38.4 Å². The van der Waals surface area contributed by atoms with Gasteiger partial charge in [-0.25, -0.2) is 0 Å². The van der Waals surface area contributed by atoms with Gasteiger partial charge in [-0.3, -0.25) is 14.9 Å². The van der Waals surface area contributed by atoms with Gasteiger partial charge in [-0.15, -0.1) is 0 Å². The Labute approximate surface area is 117 Å². The lowest BCUT2D eigenvalue weighted by Crippen LogP contribution is -2.20. The molecule has 0 bridgehead atoms. The average Bonchev–Trinajstić information content (AvgIpc) is 2.38. The molecule has 1 rings (SSSR count). The van der Waals surface area contributed by atoms with Crippen molar-refractivity contribution in [2.45, 2.75) is 38.9 Å². The predicted octanol–water partition coefficient (Wildman–Crippen LogP) is 1.99. The first-order valence-corrected chi connectivity index (χ1v) is 6.43. The van der Waals surface area contributed by atoms with Crippen molar-refractivity contribution in [3.8, 4) is 0 Å². The van der Waals surface area contributed by atoms with E-state index in [2.05, 4.69) is 0 Å². The molecule has 0 aliphatic heterocycles. The van der Waals surface area contributed by atoms with Crippen molar-refractivity contribution in [2.75, 3.05) is 0 Å². The fraction of sp³-hybridized carbons (Fsp3) is 0.500. The molecule has 0 saturated heterocycles. The van der Waals surface area contributed by atoms with Crippen LogP contribution in [0, 0.1) is 16.0 Å². The van der Waals surface area contributed by atoms with Gasteiger partial charge in [-0.2, -0.15) is 0 Å². The Kier molecular flexibility index (Phi) is 5.79. The summed E-state index contributed by atoms with van der Waals surface area (Å²) in [5.41, 5.74) is 0.380. The van der Waals surface area contributed by atoms with Crippen LogP contribution in [-0.2, 0) is 4.79 Å². The molecule has 0 spiro atoms. The van der Waals surface area contributed by atoms with Crippen molar-refractivity contribution in [2.24, 2.45) is 5.92 Å². The first kappa shape index (κ1) is 16.3. The lowest BCUT2D eigenvalue weighted by Gasteiger charge is -2.15. The van der Waals surface area contributed by atoms with Crippen LogP contribution >= 0.6 is 0 Å². The molecule has 6 nitrogen and oxygen atoms in total. The Morgan fingerprint density at radius 3 is 2.20 bits per heavy atom. The lowest BCUT2D eigenvalue weighted by molar-refractivity contribution is -0.384. The summed E-state index contributed by atoms with van der Waals surface area (Å²) in [5, 5.41) is 30.0. The van der Waals surface area contributed by atoms with E-state index in [1.807, 2.05) is 13.8 Å². The minimum Gasteiger partial charge on any atom is -0.392 e. The van der Waals surface area contributed by atoms with Crippen LogP contribution < -0.4 is 0 Å². The van der Waals surface area contributed by atoms with Crippen LogP contribution in [0.25, 0.3) is 0 Å². The van der Waals surface area contributed by atoms with Gasteiger partial charge in [0.05, 0.1) is 17.1 Å². The van der Waals surface area contributed by atoms with Crippen molar-refractivity contribution in [1.82, 2.24) is 0 Å². The minimum atomic E-state index is -1.01. The van der Waals surface area contributed by atoms with Crippen molar-refractivity contribution in [1.29, 1.82) is 0 Å². The Morgan fingerprint density at radius 1 is 1.20 bits per heavy atom. The normalized spacial score (nSPS) is 14.1. The van der Waals surface area contributed by atoms with Crippen LogP contribution in [0.5, 0.6) is 0 Å². The summed E-state index contributed by atoms with van der Waals surface area (Å²) in [6, 6.07) is 5.42. The fourth-order valence-electron chi connectivity index (χ4n) is 1.70. The summed E-state index contributed by atoms with van der Waals surface area (Å²) in [6.45, 7) is 3.62. The minimum absolute atomic E-state index is 0.00169. The standard InChI is InChI=1S/C14H19NO5/c1-9(2)13(17)7-12(16)8-14(18)10-3-5-11(6-4-10)15(19)20/h3-6,9,13-14,17-18H,7-8H2,1-2H3/t13-,14-/m0/s1. The number of hydrogen-bond donors (Lipinski definition) is 2. The number of aliphatic hydroxyl groups is 2. The number of hydrogen-bond acceptors (Lipinski definition) is 5. The Hall–Kier alpha value is -1.79. The maximum atomic E-state index is 11.7. The van der Waals surface area contributed by atoms with E-state index in [-0.39, 0.29) is 30.2 Å². The summed E-state index contributed by atoms with van der Waals surface area (Å²) in [5.74, 6) is -0.257. The largest absolute Gasteiger partial charge is 0.392 e. The quantitative estimate of drug-likeness (QED) is 0.588. The molecule has 110 valence electrons. The number of aliphatic hydroxyl groups excluding tert-OH is 2. The van der Waals surface area contributed by atoms with Gasteiger partial charge in [0.1, 0.15) is 5.78 Å². The summed E-state index contributed by atoms with van der Waals surface area (Å²) < 4.78 is 0. The number of benzene rings is 1. The van der Waals surface area contributed by atoms with Crippen molar-refractivity contribution in [3.63, 3.8) is 0 Å². The molecule has 0 aromatic heterocycles.